The van der Waals surface area contributed by atoms with Gasteiger partial charge >= 0.3 is 0 Å². The molecule has 6 nitrogen and oxygen atoms in total. The lowest BCUT2D eigenvalue weighted by molar-refractivity contribution is -0.123. The molecule has 0 spiro atoms. The minimum absolute atomic E-state index is 0.258. The fourth-order valence-electron chi connectivity index (χ4n) is 2.12. The molecule has 0 aliphatic carbocycles. The van der Waals surface area contributed by atoms with E-state index < -0.39 is 11.9 Å². The molecule has 1 saturated heterocycles. The number of aryl methyl sites for hydroxylation is 1. The Balaban J connectivity index is 2.20. The van der Waals surface area contributed by atoms with Crippen LogP contribution in [0, 0.1) is 6.92 Å². The molecule has 1 unspecified atom stereocenters. The number of nitrogens with two attached hydrogens (primary N) is 1. The first kappa shape index (κ1) is 12.5. The second kappa shape index (κ2) is 5.12. The molecule has 6 heteroatoms. The number of primary amides is 1. The van der Waals surface area contributed by atoms with Crippen LogP contribution >= 0.6 is 0 Å². The molecule has 1 atom stereocenters. The standard InChI is InChI=1S/C12H16N4O2/c1-8-6-15-9(7-14-8)12(18)16-5-3-2-4-10(16)11(13)17/h6-7,10H,2-5H2,1H3,(H2,13,17). The zero-order valence-corrected chi connectivity index (χ0v) is 10.3. The molecule has 1 fully saturated rings. The van der Waals surface area contributed by atoms with Gasteiger partial charge in [-0.2, -0.15) is 0 Å². The molecule has 1 aliphatic rings. The van der Waals surface area contributed by atoms with Gasteiger partial charge in [-0.05, 0) is 26.2 Å². The summed E-state index contributed by atoms with van der Waals surface area (Å²) in [5.41, 5.74) is 6.33. The van der Waals surface area contributed by atoms with Crippen molar-refractivity contribution in [3.8, 4) is 0 Å². The van der Waals surface area contributed by atoms with Crippen LogP contribution in [-0.2, 0) is 4.79 Å². The Morgan fingerprint density at radius 3 is 2.72 bits per heavy atom. The Morgan fingerprint density at radius 1 is 1.33 bits per heavy atom. The Bertz CT molecular complexity index is 458. The molecule has 0 aromatic carbocycles. The first-order valence-electron chi connectivity index (χ1n) is 5.98. The van der Waals surface area contributed by atoms with Gasteiger partial charge in [0.05, 0.1) is 11.9 Å². The van der Waals surface area contributed by atoms with Gasteiger partial charge in [0, 0.05) is 12.7 Å². The number of hydrogen-bond acceptors (Lipinski definition) is 4. The smallest absolute Gasteiger partial charge is 0.274 e. The van der Waals surface area contributed by atoms with Crippen molar-refractivity contribution < 1.29 is 9.59 Å². The third kappa shape index (κ3) is 2.47. The van der Waals surface area contributed by atoms with Crippen LogP contribution < -0.4 is 5.73 Å². The molecule has 2 heterocycles. The van der Waals surface area contributed by atoms with Gasteiger partial charge < -0.3 is 10.6 Å². The van der Waals surface area contributed by atoms with Gasteiger partial charge in [-0.3, -0.25) is 14.6 Å². The molecule has 1 aromatic rings. The van der Waals surface area contributed by atoms with Crippen molar-refractivity contribution in [2.24, 2.45) is 5.73 Å². The molecule has 0 radical (unpaired) electrons. The monoisotopic (exact) mass is 248 g/mol. The Morgan fingerprint density at radius 2 is 2.11 bits per heavy atom. The van der Waals surface area contributed by atoms with Crippen LogP contribution in [0.25, 0.3) is 0 Å². The largest absolute Gasteiger partial charge is 0.368 e. The Kier molecular flexibility index (Phi) is 3.55. The zero-order chi connectivity index (χ0) is 13.1. The lowest BCUT2D eigenvalue weighted by atomic mass is 10.0. The number of carbonyl (C=O) groups is 2. The summed E-state index contributed by atoms with van der Waals surface area (Å²) in [6.07, 6.45) is 5.40. The summed E-state index contributed by atoms with van der Waals surface area (Å²) in [6.45, 7) is 2.34. The van der Waals surface area contributed by atoms with Crippen LogP contribution in [0.5, 0.6) is 0 Å². The maximum Gasteiger partial charge on any atom is 0.274 e. The molecule has 18 heavy (non-hydrogen) atoms. The fourth-order valence-corrected chi connectivity index (χ4v) is 2.12. The molecule has 1 aliphatic heterocycles. The average molecular weight is 248 g/mol. The first-order valence-corrected chi connectivity index (χ1v) is 5.98. The van der Waals surface area contributed by atoms with Crippen LogP contribution in [0.4, 0.5) is 0 Å². The number of rotatable bonds is 2. The maximum atomic E-state index is 12.2. The summed E-state index contributed by atoms with van der Waals surface area (Å²) in [7, 11) is 0. The average Bonchev–Trinajstić information content (AvgIpc) is 2.39. The summed E-state index contributed by atoms with van der Waals surface area (Å²) < 4.78 is 0. The highest BCUT2D eigenvalue weighted by Gasteiger charge is 2.31. The number of piperidine rings is 1. The lowest BCUT2D eigenvalue weighted by Crippen LogP contribution is -2.50. The number of nitrogens with zero attached hydrogens (tertiary/aromatic N) is 3. The molecule has 96 valence electrons. The molecule has 0 saturated carbocycles. The van der Waals surface area contributed by atoms with Crippen LogP contribution in [0.3, 0.4) is 0 Å². The number of carbonyl (C=O) groups excluding carboxylic acids is 2. The summed E-state index contributed by atoms with van der Waals surface area (Å²) >= 11 is 0. The summed E-state index contributed by atoms with van der Waals surface area (Å²) in [4.78, 5) is 33.2. The predicted molar refractivity (Wildman–Crippen MR) is 64.6 cm³/mol. The van der Waals surface area contributed by atoms with Crippen molar-refractivity contribution in [3.63, 3.8) is 0 Å². The molecular formula is C12H16N4O2. The summed E-state index contributed by atoms with van der Waals surface area (Å²) in [5, 5.41) is 0. The molecular weight excluding hydrogens is 232 g/mol. The van der Waals surface area contributed by atoms with Gasteiger partial charge in [-0.25, -0.2) is 4.98 Å². The zero-order valence-electron chi connectivity index (χ0n) is 10.3. The highest BCUT2D eigenvalue weighted by atomic mass is 16.2. The van der Waals surface area contributed by atoms with E-state index in [4.69, 9.17) is 5.73 Å². The van der Waals surface area contributed by atoms with Gasteiger partial charge in [0.15, 0.2) is 0 Å². The first-order chi connectivity index (χ1) is 8.59. The Labute approximate surface area is 105 Å². The quantitative estimate of drug-likeness (QED) is 0.813. The summed E-state index contributed by atoms with van der Waals surface area (Å²) in [6, 6.07) is -0.519. The van der Waals surface area contributed by atoms with Gasteiger partial charge in [0.1, 0.15) is 11.7 Å². The van der Waals surface area contributed by atoms with Crippen molar-refractivity contribution in [3.05, 3.63) is 23.8 Å². The van der Waals surface area contributed by atoms with Gasteiger partial charge in [-0.15, -0.1) is 0 Å². The van der Waals surface area contributed by atoms with Gasteiger partial charge in [0.25, 0.3) is 5.91 Å². The lowest BCUT2D eigenvalue weighted by Gasteiger charge is -2.33. The molecule has 1 aromatic heterocycles. The van der Waals surface area contributed by atoms with Crippen LogP contribution in [0.15, 0.2) is 12.4 Å². The van der Waals surface area contributed by atoms with Crippen molar-refractivity contribution in [1.29, 1.82) is 0 Å². The van der Waals surface area contributed by atoms with Crippen molar-refractivity contribution in [2.45, 2.75) is 32.2 Å². The van der Waals surface area contributed by atoms with Gasteiger partial charge in [-0.1, -0.05) is 0 Å². The highest BCUT2D eigenvalue weighted by Crippen LogP contribution is 2.18. The second-order valence-electron chi connectivity index (χ2n) is 4.46. The van der Waals surface area contributed by atoms with E-state index in [1.54, 1.807) is 6.92 Å². The van der Waals surface area contributed by atoms with E-state index in [9.17, 15) is 9.59 Å². The van der Waals surface area contributed by atoms with Crippen molar-refractivity contribution >= 4 is 11.8 Å². The number of likely N-dealkylation sites (tertiary alicyclic amines) is 1. The van der Waals surface area contributed by atoms with Crippen LogP contribution in [0.2, 0.25) is 0 Å². The van der Waals surface area contributed by atoms with E-state index in [0.29, 0.717) is 13.0 Å². The minimum Gasteiger partial charge on any atom is -0.368 e. The fraction of sp³-hybridized carbons (Fsp3) is 0.500. The van der Waals surface area contributed by atoms with Crippen molar-refractivity contribution in [1.82, 2.24) is 14.9 Å². The number of hydrogen-bond donors (Lipinski definition) is 1. The molecule has 0 bridgehead atoms. The SMILES string of the molecule is Cc1cnc(C(=O)N2CCCCC2C(N)=O)cn1. The molecule has 2 N–H and O–H groups in total. The second-order valence-corrected chi connectivity index (χ2v) is 4.46. The topological polar surface area (TPSA) is 89.2 Å². The highest BCUT2D eigenvalue weighted by molar-refractivity contribution is 5.95. The van der Waals surface area contributed by atoms with Crippen molar-refractivity contribution in [2.75, 3.05) is 6.54 Å². The van der Waals surface area contributed by atoms with E-state index in [-0.39, 0.29) is 11.6 Å². The molecule has 2 amide bonds. The third-order valence-electron chi connectivity index (χ3n) is 3.09. The number of aromatic nitrogens is 2. The normalized spacial score (nSPS) is 19.6. The van der Waals surface area contributed by atoms with E-state index >= 15 is 0 Å². The van der Waals surface area contributed by atoms with Crippen LogP contribution in [0.1, 0.15) is 35.4 Å². The Hall–Kier alpha value is -1.98. The minimum atomic E-state index is -0.519. The van der Waals surface area contributed by atoms with E-state index in [0.717, 1.165) is 18.5 Å². The van der Waals surface area contributed by atoms with Crippen LogP contribution in [-0.4, -0.2) is 39.3 Å². The van der Waals surface area contributed by atoms with E-state index in [1.165, 1.54) is 17.3 Å². The summed E-state index contributed by atoms with van der Waals surface area (Å²) in [5.74, 6) is -0.728. The van der Waals surface area contributed by atoms with Gasteiger partial charge in [0.2, 0.25) is 5.91 Å². The predicted octanol–water partition coefficient (Wildman–Crippen LogP) is 0.265. The molecule has 2 rings (SSSR count). The number of amides is 2. The third-order valence-corrected chi connectivity index (χ3v) is 3.09. The van der Waals surface area contributed by atoms with E-state index in [1.807, 2.05) is 0 Å². The van der Waals surface area contributed by atoms with E-state index in [2.05, 4.69) is 9.97 Å². The maximum absolute atomic E-state index is 12.2.